The quantitative estimate of drug-likeness (QED) is 0.405. The first kappa shape index (κ1) is 17.7. The Kier molecular flexibility index (Phi) is 4.66. The van der Waals surface area contributed by atoms with E-state index in [-0.39, 0.29) is 5.56 Å². The molecule has 10 heteroatoms. The molecule has 0 aliphatic carbocycles. The van der Waals surface area contributed by atoms with Crippen LogP contribution in [0.1, 0.15) is 23.2 Å². The summed E-state index contributed by atoms with van der Waals surface area (Å²) < 4.78 is 2.81. The smallest absolute Gasteiger partial charge is 0.275 e. The second kappa shape index (κ2) is 7.12. The van der Waals surface area contributed by atoms with Crippen molar-refractivity contribution in [1.82, 2.24) is 29.5 Å². The van der Waals surface area contributed by atoms with Gasteiger partial charge in [-0.3, -0.25) is 4.79 Å². The van der Waals surface area contributed by atoms with Gasteiger partial charge in [0.25, 0.3) is 5.56 Å². The van der Waals surface area contributed by atoms with Gasteiger partial charge in [0.1, 0.15) is 5.01 Å². The molecule has 3 heterocycles. The Bertz CT molecular complexity index is 1160. The van der Waals surface area contributed by atoms with Crippen LogP contribution in [0.4, 0.5) is 0 Å². The lowest BCUT2D eigenvalue weighted by atomic mass is 10.1. The van der Waals surface area contributed by atoms with Crippen LogP contribution >= 0.6 is 23.1 Å². The summed E-state index contributed by atoms with van der Waals surface area (Å²) in [6.07, 6.45) is 0.773. The van der Waals surface area contributed by atoms with Gasteiger partial charge in [0.2, 0.25) is 10.1 Å². The van der Waals surface area contributed by atoms with Crippen LogP contribution in [0.3, 0.4) is 0 Å². The lowest BCUT2D eigenvalue weighted by molar-refractivity contribution is 0.844. The summed E-state index contributed by atoms with van der Waals surface area (Å²) in [5, 5.41) is 14.0. The van der Waals surface area contributed by atoms with E-state index < -0.39 is 0 Å². The largest absolute Gasteiger partial charge is 0.335 e. The number of hydrogen-bond acceptors (Lipinski definition) is 8. The molecule has 0 radical (unpaired) electrons. The number of aromatic nitrogens is 6. The van der Waals surface area contributed by atoms with Gasteiger partial charge >= 0.3 is 0 Å². The predicted molar refractivity (Wildman–Crippen MR) is 106 cm³/mol. The van der Waals surface area contributed by atoms with E-state index in [1.54, 1.807) is 0 Å². The second-order valence-corrected chi connectivity index (χ2v) is 7.94. The number of hydrogen-bond donors (Lipinski definition) is 1. The van der Waals surface area contributed by atoms with Gasteiger partial charge < -0.3 is 5.84 Å². The van der Waals surface area contributed by atoms with Crippen LogP contribution in [-0.4, -0.2) is 29.5 Å². The number of fused-ring (bicyclic) bond motifs is 1. The Hall–Kier alpha value is -2.72. The summed E-state index contributed by atoms with van der Waals surface area (Å²) >= 11 is 2.81. The van der Waals surface area contributed by atoms with Crippen molar-refractivity contribution in [3.8, 4) is 11.4 Å². The Morgan fingerprint density at radius 2 is 2.00 bits per heavy atom. The van der Waals surface area contributed by atoms with Crippen LogP contribution in [0.15, 0.2) is 40.3 Å². The minimum Gasteiger partial charge on any atom is -0.335 e. The van der Waals surface area contributed by atoms with Gasteiger partial charge in [-0.05, 0) is 13.3 Å². The zero-order valence-corrected chi connectivity index (χ0v) is 16.4. The zero-order valence-electron chi connectivity index (χ0n) is 14.8. The molecule has 3 aromatic heterocycles. The van der Waals surface area contributed by atoms with E-state index in [1.807, 2.05) is 38.1 Å². The van der Waals surface area contributed by atoms with Crippen molar-refractivity contribution in [3.05, 3.63) is 57.0 Å². The van der Waals surface area contributed by atoms with Crippen molar-refractivity contribution >= 4 is 28.1 Å². The first-order valence-corrected chi connectivity index (χ1v) is 10.1. The van der Waals surface area contributed by atoms with Crippen molar-refractivity contribution < 1.29 is 0 Å². The number of benzene rings is 1. The van der Waals surface area contributed by atoms with Crippen LogP contribution in [0.25, 0.3) is 16.3 Å². The summed E-state index contributed by atoms with van der Waals surface area (Å²) in [4.78, 5) is 17.3. The molecule has 0 aliphatic rings. The molecular formula is C17H17N7OS2. The van der Waals surface area contributed by atoms with E-state index in [0.717, 1.165) is 17.0 Å². The topological polar surface area (TPSA) is 104 Å². The molecule has 0 saturated carbocycles. The van der Waals surface area contributed by atoms with Gasteiger partial charge in [0.05, 0.1) is 5.69 Å². The van der Waals surface area contributed by atoms with Gasteiger partial charge in [-0.1, -0.05) is 59.9 Å². The number of nitrogens with zero attached hydrogens (tertiary/aromatic N) is 6. The molecule has 0 aliphatic heterocycles. The minimum absolute atomic E-state index is 0.180. The molecule has 1 aromatic carbocycles. The average molecular weight is 400 g/mol. The first-order valence-electron chi connectivity index (χ1n) is 8.34. The van der Waals surface area contributed by atoms with Crippen molar-refractivity contribution in [2.45, 2.75) is 31.2 Å². The van der Waals surface area contributed by atoms with Gasteiger partial charge in [-0.15, -0.1) is 10.2 Å². The van der Waals surface area contributed by atoms with Crippen LogP contribution in [0.2, 0.25) is 0 Å². The van der Waals surface area contributed by atoms with E-state index in [9.17, 15) is 4.79 Å². The second-order valence-electron chi connectivity index (χ2n) is 5.96. The highest BCUT2D eigenvalue weighted by molar-refractivity contribution is 7.98. The lowest BCUT2D eigenvalue weighted by Gasteiger charge is -2.04. The fourth-order valence-electron chi connectivity index (χ4n) is 2.53. The molecule has 4 aromatic rings. The Balaban J connectivity index is 1.56. The predicted octanol–water partition coefficient (Wildman–Crippen LogP) is 2.29. The van der Waals surface area contributed by atoms with Crippen LogP contribution in [0, 0.1) is 6.92 Å². The summed E-state index contributed by atoms with van der Waals surface area (Å²) in [7, 11) is 0. The fourth-order valence-corrected chi connectivity index (χ4v) is 4.13. The molecule has 2 N–H and O–H groups in total. The summed E-state index contributed by atoms with van der Waals surface area (Å²) in [5.74, 6) is 7.22. The van der Waals surface area contributed by atoms with Crippen molar-refractivity contribution in [2.75, 3.05) is 5.84 Å². The van der Waals surface area contributed by atoms with E-state index in [4.69, 9.17) is 5.84 Å². The van der Waals surface area contributed by atoms with Gasteiger partial charge in [-0.2, -0.15) is 9.61 Å². The maximum absolute atomic E-state index is 12.2. The van der Waals surface area contributed by atoms with E-state index >= 15 is 0 Å². The molecule has 138 valence electrons. The SMILES string of the molecule is CCc1nn2c(=O)cc(CSc3nnc(-c4ccc(C)cc4)n3N)nc2s1. The number of nitrogens with two attached hydrogens (primary N) is 1. The molecule has 4 rings (SSSR count). The third kappa shape index (κ3) is 3.45. The van der Waals surface area contributed by atoms with Gasteiger partial charge in [0, 0.05) is 17.4 Å². The minimum atomic E-state index is -0.180. The monoisotopic (exact) mass is 399 g/mol. The number of aryl methyl sites for hydroxylation is 2. The number of rotatable bonds is 5. The molecule has 8 nitrogen and oxygen atoms in total. The van der Waals surface area contributed by atoms with Crippen LogP contribution in [0.5, 0.6) is 0 Å². The zero-order chi connectivity index (χ0) is 19.0. The highest BCUT2D eigenvalue weighted by Gasteiger charge is 2.14. The standard InChI is InChI=1S/C17H17N7OS2/c1-3-13-22-24-14(25)8-12(19-16(24)27-13)9-26-17-21-20-15(23(17)18)11-6-4-10(2)5-7-11/h4-8H,3,9,18H2,1-2H3. The van der Waals surface area contributed by atoms with E-state index in [1.165, 1.54) is 43.9 Å². The first-order chi connectivity index (χ1) is 13.0. The summed E-state index contributed by atoms with van der Waals surface area (Å²) in [6.45, 7) is 4.02. The van der Waals surface area contributed by atoms with Crippen molar-refractivity contribution in [3.63, 3.8) is 0 Å². The van der Waals surface area contributed by atoms with Crippen LogP contribution in [-0.2, 0) is 12.2 Å². The maximum Gasteiger partial charge on any atom is 0.275 e. The summed E-state index contributed by atoms with van der Waals surface area (Å²) in [6, 6.07) is 9.43. The van der Waals surface area contributed by atoms with Gasteiger partial charge in [-0.25, -0.2) is 9.66 Å². The molecule has 0 atom stereocenters. The Morgan fingerprint density at radius 3 is 2.74 bits per heavy atom. The lowest BCUT2D eigenvalue weighted by Crippen LogP contribution is -2.15. The maximum atomic E-state index is 12.2. The van der Waals surface area contributed by atoms with Crippen molar-refractivity contribution in [1.29, 1.82) is 0 Å². The Labute approximate surface area is 163 Å². The third-order valence-electron chi connectivity index (χ3n) is 3.97. The average Bonchev–Trinajstić information content (AvgIpc) is 3.24. The summed E-state index contributed by atoms with van der Waals surface area (Å²) in [5.41, 5.74) is 2.55. The number of nitrogen functional groups attached to an aromatic ring is 1. The van der Waals surface area contributed by atoms with Crippen molar-refractivity contribution in [2.24, 2.45) is 0 Å². The molecule has 0 bridgehead atoms. The highest BCUT2D eigenvalue weighted by Crippen LogP contribution is 2.24. The molecule has 0 amide bonds. The van der Waals surface area contributed by atoms with Crippen LogP contribution < -0.4 is 11.4 Å². The van der Waals surface area contributed by atoms with E-state index in [0.29, 0.717) is 27.4 Å². The third-order valence-corrected chi connectivity index (χ3v) is 6.00. The van der Waals surface area contributed by atoms with E-state index in [2.05, 4.69) is 20.3 Å². The molecule has 0 fully saturated rings. The molecule has 0 saturated heterocycles. The molecule has 27 heavy (non-hydrogen) atoms. The Morgan fingerprint density at radius 1 is 1.22 bits per heavy atom. The van der Waals surface area contributed by atoms with Gasteiger partial charge in [0.15, 0.2) is 5.82 Å². The highest BCUT2D eigenvalue weighted by atomic mass is 32.2. The normalized spacial score (nSPS) is 11.3. The molecule has 0 unspecified atom stereocenters. The number of thioether (sulfide) groups is 1. The molecule has 0 spiro atoms. The fraction of sp³-hybridized carbons (Fsp3) is 0.235. The molecular weight excluding hydrogens is 382 g/mol.